The smallest absolute Gasteiger partial charge is 0.143 e. The fourth-order valence-corrected chi connectivity index (χ4v) is 1.19. The van der Waals surface area contributed by atoms with Gasteiger partial charge in [-0.2, -0.15) is 0 Å². The van der Waals surface area contributed by atoms with Gasteiger partial charge in [0.15, 0.2) is 0 Å². The van der Waals surface area contributed by atoms with Crippen LogP contribution in [0.3, 0.4) is 0 Å². The van der Waals surface area contributed by atoms with Gasteiger partial charge in [0.2, 0.25) is 0 Å². The van der Waals surface area contributed by atoms with E-state index >= 15 is 0 Å². The second-order valence-electron chi connectivity index (χ2n) is 3.09. The molecule has 0 spiro atoms. The minimum absolute atomic E-state index is 0.940. The first kappa shape index (κ1) is 8.62. The van der Waals surface area contributed by atoms with E-state index in [2.05, 4.69) is 22.1 Å². The zero-order valence-electron chi connectivity index (χ0n) is 7.88. The van der Waals surface area contributed by atoms with E-state index < -0.39 is 0 Å². The van der Waals surface area contributed by atoms with Crippen molar-refractivity contribution in [2.45, 2.75) is 6.92 Å². The minimum Gasteiger partial charge on any atom is -0.201 e. The van der Waals surface area contributed by atoms with Crippen LogP contribution in [-0.4, -0.2) is 20.2 Å². The highest BCUT2D eigenvalue weighted by molar-refractivity contribution is 5.63. The molecule has 0 bridgehead atoms. The highest BCUT2D eigenvalue weighted by Crippen LogP contribution is 2.14. The fraction of sp³-hybridized carbons (Fsp3) is 0.100. The molecule has 0 aliphatic heterocycles. The van der Waals surface area contributed by atoms with Crippen molar-refractivity contribution < 1.29 is 0 Å². The molecule has 1 aromatic carbocycles. The summed E-state index contributed by atoms with van der Waals surface area (Å²) in [5, 5.41) is 11.0. The SMILES string of the molecule is C=C(C)c1cccc(-n2cnnn2)c1. The largest absolute Gasteiger partial charge is 0.201 e. The number of hydrogen-bond acceptors (Lipinski definition) is 3. The van der Waals surface area contributed by atoms with Gasteiger partial charge in [-0.15, -0.1) is 5.10 Å². The molecule has 0 N–H and O–H groups in total. The molecular formula is C10H10N4. The average molecular weight is 186 g/mol. The monoisotopic (exact) mass is 186 g/mol. The van der Waals surface area contributed by atoms with E-state index in [4.69, 9.17) is 0 Å². The van der Waals surface area contributed by atoms with Crippen molar-refractivity contribution >= 4 is 5.57 Å². The van der Waals surface area contributed by atoms with Gasteiger partial charge in [0.05, 0.1) is 5.69 Å². The number of rotatable bonds is 2. The zero-order valence-corrected chi connectivity index (χ0v) is 7.88. The van der Waals surface area contributed by atoms with Gasteiger partial charge in [0.25, 0.3) is 0 Å². The van der Waals surface area contributed by atoms with Gasteiger partial charge >= 0.3 is 0 Å². The standard InChI is InChI=1S/C10H10N4/c1-8(2)9-4-3-5-10(6-9)14-7-11-12-13-14/h3-7H,1H2,2H3. The van der Waals surface area contributed by atoms with Crippen LogP contribution in [0.25, 0.3) is 11.3 Å². The van der Waals surface area contributed by atoms with Gasteiger partial charge in [-0.25, -0.2) is 4.68 Å². The predicted molar refractivity (Wildman–Crippen MR) is 53.9 cm³/mol. The number of hydrogen-bond donors (Lipinski definition) is 0. The first-order valence-corrected chi connectivity index (χ1v) is 4.26. The van der Waals surface area contributed by atoms with Gasteiger partial charge in [0.1, 0.15) is 6.33 Å². The molecule has 0 atom stereocenters. The number of aromatic nitrogens is 4. The Labute approximate surface area is 81.9 Å². The summed E-state index contributed by atoms with van der Waals surface area (Å²) in [6, 6.07) is 7.92. The molecule has 2 aromatic rings. The molecule has 0 radical (unpaired) electrons. The summed E-state index contributed by atoms with van der Waals surface area (Å²) in [5.41, 5.74) is 3.06. The number of benzene rings is 1. The van der Waals surface area contributed by atoms with Crippen LogP contribution in [0.4, 0.5) is 0 Å². The van der Waals surface area contributed by atoms with Crippen LogP contribution in [0, 0.1) is 0 Å². The molecular weight excluding hydrogens is 176 g/mol. The van der Waals surface area contributed by atoms with E-state index in [9.17, 15) is 0 Å². The third-order valence-corrected chi connectivity index (χ3v) is 1.95. The first-order chi connectivity index (χ1) is 6.77. The van der Waals surface area contributed by atoms with Gasteiger partial charge in [-0.1, -0.05) is 24.3 Å². The molecule has 0 saturated heterocycles. The molecule has 4 nitrogen and oxygen atoms in total. The molecule has 0 amide bonds. The second-order valence-corrected chi connectivity index (χ2v) is 3.09. The van der Waals surface area contributed by atoms with Crippen molar-refractivity contribution in [2.24, 2.45) is 0 Å². The Morgan fingerprint density at radius 2 is 2.29 bits per heavy atom. The minimum atomic E-state index is 0.940. The Morgan fingerprint density at radius 1 is 1.43 bits per heavy atom. The number of nitrogens with zero attached hydrogens (tertiary/aromatic N) is 4. The van der Waals surface area contributed by atoms with Crippen LogP contribution in [-0.2, 0) is 0 Å². The van der Waals surface area contributed by atoms with Gasteiger partial charge in [-0.05, 0) is 35.0 Å². The third-order valence-electron chi connectivity index (χ3n) is 1.95. The summed E-state index contributed by atoms with van der Waals surface area (Å²) in [5.74, 6) is 0. The Kier molecular flexibility index (Phi) is 2.10. The van der Waals surface area contributed by atoms with E-state index in [-0.39, 0.29) is 0 Å². The number of allylic oxidation sites excluding steroid dienone is 1. The van der Waals surface area contributed by atoms with Crippen molar-refractivity contribution in [1.29, 1.82) is 0 Å². The van der Waals surface area contributed by atoms with Crippen molar-refractivity contribution in [1.82, 2.24) is 20.2 Å². The maximum atomic E-state index is 3.89. The molecule has 0 aliphatic rings. The molecule has 1 heterocycles. The molecule has 0 unspecified atom stereocenters. The lowest BCUT2D eigenvalue weighted by atomic mass is 10.1. The quantitative estimate of drug-likeness (QED) is 0.716. The summed E-state index contributed by atoms with van der Waals surface area (Å²) >= 11 is 0. The molecule has 0 fully saturated rings. The van der Waals surface area contributed by atoms with E-state index in [0.29, 0.717) is 0 Å². The third kappa shape index (κ3) is 1.54. The lowest BCUT2D eigenvalue weighted by Gasteiger charge is -2.02. The Bertz CT molecular complexity index is 445. The highest BCUT2D eigenvalue weighted by atomic mass is 15.5. The summed E-state index contributed by atoms with van der Waals surface area (Å²) in [6.07, 6.45) is 1.57. The fourth-order valence-electron chi connectivity index (χ4n) is 1.19. The lowest BCUT2D eigenvalue weighted by Crippen LogP contribution is -1.95. The molecule has 0 aliphatic carbocycles. The van der Waals surface area contributed by atoms with Crippen LogP contribution >= 0.6 is 0 Å². The van der Waals surface area contributed by atoms with Crippen LogP contribution in [0.1, 0.15) is 12.5 Å². The maximum absolute atomic E-state index is 3.89. The first-order valence-electron chi connectivity index (χ1n) is 4.26. The van der Waals surface area contributed by atoms with Gasteiger partial charge in [0, 0.05) is 0 Å². The summed E-state index contributed by atoms with van der Waals surface area (Å²) in [4.78, 5) is 0. The normalized spacial score (nSPS) is 10.1. The van der Waals surface area contributed by atoms with Crippen LogP contribution in [0.2, 0.25) is 0 Å². The van der Waals surface area contributed by atoms with E-state index in [0.717, 1.165) is 16.8 Å². The summed E-state index contributed by atoms with van der Waals surface area (Å²) < 4.78 is 1.62. The van der Waals surface area contributed by atoms with Crippen LogP contribution in [0.5, 0.6) is 0 Å². The maximum Gasteiger partial charge on any atom is 0.143 e. The van der Waals surface area contributed by atoms with Crippen LogP contribution < -0.4 is 0 Å². The Balaban J connectivity index is 2.46. The zero-order chi connectivity index (χ0) is 9.97. The lowest BCUT2D eigenvalue weighted by molar-refractivity contribution is 0.789. The molecule has 4 heteroatoms. The van der Waals surface area contributed by atoms with Crippen molar-refractivity contribution in [3.05, 3.63) is 42.7 Å². The summed E-state index contributed by atoms with van der Waals surface area (Å²) in [7, 11) is 0. The Morgan fingerprint density at radius 3 is 2.93 bits per heavy atom. The molecule has 0 saturated carbocycles. The van der Waals surface area contributed by atoms with Crippen molar-refractivity contribution in [3.63, 3.8) is 0 Å². The Hall–Kier alpha value is -1.97. The average Bonchev–Trinajstić information content (AvgIpc) is 2.71. The molecule has 70 valence electrons. The van der Waals surface area contributed by atoms with Crippen molar-refractivity contribution in [2.75, 3.05) is 0 Å². The van der Waals surface area contributed by atoms with Crippen LogP contribution in [0.15, 0.2) is 37.2 Å². The molecule has 2 rings (SSSR count). The molecule has 14 heavy (non-hydrogen) atoms. The van der Waals surface area contributed by atoms with E-state index in [1.165, 1.54) is 0 Å². The van der Waals surface area contributed by atoms with Gasteiger partial charge in [-0.3, -0.25) is 0 Å². The van der Waals surface area contributed by atoms with Crippen molar-refractivity contribution in [3.8, 4) is 5.69 Å². The highest BCUT2D eigenvalue weighted by Gasteiger charge is 1.99. The number of tetrazole rings is 1. The van der Waals surface area contributed by atoms with Gasteiger partial charge < -0.3 is 0 Å². The summed E-state index contributed by atoms with van der Waals surface area (Å²) in [6.45, 7) is 5.86. The van der Waals surface area contributed by atoms with E-state index in [1.54, 1.807) is 11.0 Å². The topological polar surface area (TPSA) is 43.6 Å². The van der Waals surface area contributed by atoms with E-state index in [1.807, 2.05) is 31.2 Å². The molecule has 1 aromatic heterocycles. The predicted octanol–water partition coefficient (Wildman–Crippen LogP) is 1.70. The second kappa shape index (κ2) is 3.41.